The van der Waals surface area contributed by atoms with Gasteiger partial charge in [0, 0.05) is 30.7 Å². The van der Waals surface area contributed by atoms with Crippen LogP contribution in [0.15, 0.2) is 18.2 Å². The molecule has 2 heterocycles. The Morgan fingerprint density at radius 2 is 2.27 bits per heavy atom. The van der Waals surface area contributed by atoms with Crippen LogP contribution >= 0.6 is 0 Å². The molecule has 1 aliphatic rings. The molecule has 1 aromatic carbocycles. The lowest BCUT2D eigenvalue weighted by molar-refractivity contribution is 0.523. The molecule has 0 atom stereocenters. The molecule has 0 aliphatic carbocycles. The summed E-state index contributed by atoms with van der Waals surface area (Å²) in [4.78, 5) is 0. The highest BCUT2D eigenvalue weighted by Crippen LogP contribution is 2.27. The van der Waals surface area contributed by atoms with Crippen LogP contribution in [0.4, 0.5) is 4.39 Å². The van der Waals surface area contributed by atoms with Crippen LogP contribution in [0.2, 0.25) is 0 Å². The van der Waals surface area contributed by atoms with Crippen molar-refractivity contribution >= 4 is 10.9 Å². The molecule has 1 N–H and O–H groups in total. The summed E-state index contributed by atoms with van der Waals surface area (Å²) in [5, 5.41) is 4.52. The highest BCUT2D eigenvalue weighted by molar-refractivity contribution is 5.85. The van der Waals surface area contributed by atoms with E-state index in [-0.39, 0.29) is 5.82 Å². The van der Waals surface area contributed by atoms with E-state index in [1.165, 1.54) is 22.7 Å². The molecular formula is C12H13FN2. The van der Waals surface area contributed by atoms with Crippen molar-refractivity contribution in [3.8, 4) is 0 Å². The molecule has 78 valence electrons. The number of nitrogens with zero attached hydrogens (tertiary/aromatic N) is 1. The van der Waals surface area contributed by atoms with E-state index in [2.05, 4.69) is 16.8 Å². The second kappa shape index (κ2) is 3.07. The number of benzene rings is 1. The lowest BCUT2D eigenvalue weighted by Crippen LogP contribution is -2.27. The van der Waals surface area contributed by atoms with E-state index in [1.807, 2.05) is 6.07 Å². The number of fused-ring (bicyclic) bond motifs is 3. The van der Waals surface area contributed by atoms with Gasteiger partial charge in [-0.05, 0) is 30.7 Å². The van der Waals surface area contributed by atoms with Gasteiger partial charge in [-0.3, -0.25) is 0 Å². The zero-order chi connectivity index (χ0) is 10.4. The zero-order valence-electron chi connectivity index (χ0n) is 8.68. The first kappa shape index (κ1) is 8.92. The normalized spacial score (nSPS) is 15.6. The summed E-state index contributed by atoms with van der Waals surface area (Å²) in [6.07, 6.45) is 0. The van der Waals surface area contributed by atoms with Crippen molar-refractivity contribution in [3.63, 3.8) is 0 Å². The Kier molecular flexibility index (Phi) is 1.83. The first-order valence-electron chi connectivity index (χ1n) is 5.25. The van der Waals surface area contributed by atoms with Crippen LogP contribution in [0.1, 0.15) is 11.3 Å². The van der Waals surface area contributed by atoms with Crippen LogP contribution in [0.5, 0.6) is 0 Å². The van der Waals surface area contributed by atoms with Gasteiger partial charge in [-0.25, -0.2) is 4.39 Å². The molecule has 0 saturated carbocycles. The molecule has 0 fully saturated rings. The number of hydrogen-bond acceptors (Lipinski definition) is 1. The van der Waals surface area contributed by atoms with E-state index in [0.29, 0.717) is 0 Å². The van der Waals surface area contributed by atoms with Crippen molar-refractivity contribution in [2.24, 2.45) is 0 Å². The van der Waals surface area contributed by atoms with Gasteiger partial charge in [-0.15, -0.1) is 0 Å². The minimum atomic E-state index is -0.152. The average molecular weight is 204 g/mol. The summed E-state index contributed by atoms with van der Waals surface area (Å²) in [5.41, 5.74) is 3.60. The SMILES string of the molecule is Cc1c2n(c3cc(F)ccc13)CCNC2. The van der Waals surface area contributed by atoms with Crippen LogP contribution < -0.4 is 5.32 Å². The molecule has 15 heavy (non-hydrogen) atoms. The maximum atomic E-state index is 13.2. The number of rotatable bonds is 0. The zero-order valence-corrected chi connectivity index (χ0v) is 8.68. The Hall–Kier alpha value is -1.35. The predicted molar refractivity (Wildman–Crippen MR) is 58.3 cm³/mol. The number of nitrogens with one attached hydrogen (secondary N) is 1. The molecule has 2 aromatic rings. The summed E-state index contributed by atoms with van der Waals surface area (Å²) in [6.45, 7) is 4.90. The van der Waals surface area contributed by atoms with Gasteiger partial charge in [-0.1, -0.05) is 0 Å². The summed E-state index contributed by atoms with van der Waals surface area (Å²) in [6, 6.07) is 5.05. The van der Waals surface area contributed by atoms with Crippen LogP contribution in [-0.4, -0.2) is 11.1 Å². The topological polar surface area (TPSA) is 17.0 Å². The van der Waals surface area contributed by atoms with Crippen molar-refractivity contribution in [2.75, 3.05) is 6.54 Å². The van der Waals surface area contributed by atoms with E-state index < -0.39 is 0 Å². The number of hydrogen-bond donors (Lipinski definition) is 1. The second-order valence-corrected chi connectivity index (χ2v) is 4.06. The number of aromatic nitrogens is 1. The van der Waals surface area contributed by atoms with Crippen LogP contribution in [0.3, 0.4) is 0 Å². The third-order valence-corrected chi connectivity index (χ3v) is 3.22. The van der Waals surface area contributed by atoms with Gasteiger partial charge in [0.2, 0.25) is 0 Å². The quantitative estimate of drug-likeness (QED) is 0.696. The van der Waals surface area contributed by atoms with E-state index >= 15 is 0 Å². The fraction of sp³-hybridized carbons (Fsp3) is 0.333. The predicted octanol–water partition coefficient (Wildman–Crippen LogP) is 2.19. The molecule has 1 aromatic heterocycles. The summed E-state index contributed by atoms with van der Waals surface area (Å²) in [7, 11) is 0. The maximum Gasteiger partial charge on any atom is 0.125 e. The lowest BCUT2D eigenvalue weighted by Gasteiger charge is -2.17. The Labute approximate surface area is 87.7 Å². The molecule has 2 nitrogen and oxygen atoms in total. The van der Waals surface area contributed by atoms with Gasteiger partial charge >= 0.3 is 0 Å². The third-order valence-electron chi connectivity index (χ3n) is 3.22. The highest BCUT2D eigenvalue weighted by Gasteiger charge is 2.16. The summed E-state index contributed by atoms with van der Waals surface area (Å²) < 4.78 is 15.4. The first-order valence-corrected chi connectivity index (χ1v) is 5.25. The summed E-state index contributed by atoms with van der Waals surface area (Å²) >= 11 is 0. The molecule has 0 saturated heterocycles. The van der Waals surface area contributed by atoms with Crippen LogP contribution in [0.25, 0.3) is 10.9 Å². The van der Waals surface area contributed by atoms with E-state index in [1.54, 1.807) is 6.07 Å². The molecule has 1 aliphatic heterocycles. The second-order valence-electron chi connectivity index (χ2n) is 4.06. The van der Waals surface area contributed by atoms with Gasteiger partial charge in [0.15, 0.2) is 0 Å². The largest absolute Gasteiger partial charge is 0.342 e. The van der Waals surface area contributed by atoms with Crippen molar-refractivity contribution < 1.29 is 4.39 Å². The minimum absolute atomic E-state index is 0.152. The van der Waals surface area contributed by atoms with E-state index in [9.17, 15) is 4.39 Å². The fourth-order valence-electron chi connectivity index (χ4n) is 2.43. The smallest absolute Gasteiger partial charge is 0.125 e. The van der Waals surface area contributed by atoms with Crippen molar-refractivity contribution in [1.82, 2.24) is 9.88 Å². The van der Waals surface area contributed by atoms with Gasteiger partial charge < -0.3 is 9.88 Å². The van der Waals surface area contributed by atoms with Crippen molar-refractivity contribution in [3.05, 3.63) is 35.3 Å². The standard InChI is InChI=1S/C12H13FN2/c1-8-10-3-2-9(13)6-11(10)15-5-4-14-7-12(8)15/h2-3,6,14H,4-5,7H2,1H3. The van der Waals surface area contributed by atoms with Gasteiger partial charge in [0.1, 0.15) is 5.82 Å². The first-order chi connectivity index (χ1) is 7.27. The lowest BCUT2D eigenvalue weighted by atomic mass is 10.1. The molecule has 0 bridgehead atoms. The van der Waals surface area contributed by atoms with Crippen LogP contribution in [-0.2, 0) is 13.1 Å². The van der Waals surface area contributed by atoms with Gasteiger partial charge in [-0.2, -0.15) is 0 Å². The molecule has 3 heteroatoms. The molecular weight excluding hydrogens is 191 g/mol. The van der Waals surface area contributed by atoms with Crippen molar-refractivity contribution in [1.29, 1.82) is 0 Å². The Balaban J connectivity index is 2.39. The van der Waals surface area contributed by atoms with Crippen LogP contribution in [0, 0.1) is 12.7 Å². The Bertz CT molecular complexity index is 528. The summed E-state index contributed by atoms with van der Waals surface area (Å²) in [5.74, 6) is -0.152. The Morgan fingerprint density at radius 3 is 3.13 bits per heavy atom. The highest BCUT2D eigenvalue weighted by atomic mass is 19.1. The van der Waals surface area contributed by atoms with Gasteiger partial charge in [0.05, 0.1) is 5.52 Å². The average Bonchev–Trinajstić information content (AvgIpc) is 2.54. The molecule has 0 radical (unpaired) electrons. The molecule has 0 amide bonds. The monoisotopic (exact) mass is 204 g/mol. The van der Waals surface area contributed by atoms with E-state index in [0.717, 1.165) is 25.2 Å². The molecule has 3 rings (SSSR count). The fourth-order valence-corrected chi connectivity index (χ4v) is 2.43. The van der Waals surface area contributed by atoms with E-state index in [4.69, 9.17) is 0 Å². The third kappa shape index (κ3) is 1.20. The number of aryl methyl sites for hydroxylation is 1. The molecule has 0 spiro atoms. The van der Waals surface area contributed by atoms with Gasteiger partial charge in [0.25, 0.3) is 0 Å². The molecule has 0 unspecified atom stereocenters. The van der Waals surface area contributed by atoms with Crippen molar-refractivity contribution in [2.45, 2.75) is 20.0 Å². The Morgan fingerprint density at radius 1 is 1.40 bits per heavy atom. The minimum Gasteiger partial charge on any atom is -0.342 e. The number of halogens is 1. The maximum absolute atomic E-state index is 13.2.